The number of carbonyl (C=O) groups excluding carboxylic acids is 2. The van der Waals surface area contributed by atoms with E-state index in [1.54, 1.807) is 0 Å². The predicted molar refractivity (Wildman–Crippen MR) is 248 cm³/mol. The monoisotopic (exact) mass is 1220 g/mol. The molecule has 21 fully saturated rings. The number of rotatable bonds is 9. The van der Waals surface area contributed by atoms with Crippen LogP contribution in [-0.2, 0) is 85.4 Å². The summed E-state index contributed by atoms with van der Waals surface area (Å²) < 4.78 is 90.8. The summed E-state index contributed by atoms with van der Waals surface area (Å²) in [6.07, 6.45) is -71.6. The van der Waals surface area contributed by atoms with Crippen molar-refractivity contribution in [1.29, 1.82) is 0 Å². The Morgan fingerprint density at radius 1 is 0.253 bits per heavy atom. The normalized spacial score (nSPS) is 52.0. The second kappa shape index (κ2) is 28.4. The highest BCUT2D eigenvalue weighted by Crippen LogP contribution is 2.39. The summed E-state index contributed by atoms with van der Waals surface area (Å²) >= 11 is 0. The fourth-order valence-corrected chi connectivity index (χ4v) is 10.8. The topological polar surface area (TPSA) is 566 Å². The second-order valence-corrected chi connectivity index (χ2v) is 20.9. The highest BCUT2D eigenvalue weighted by molar-refractivity contribution is 5.66. The van der Waals surface area contributed by atoms with Crippen LogP contribution in [0.2, 0.25) is 0 Å². The lowest BCUT2D eigenvalue weighted by Crippen LogP contribution is -2.68. The number of hydrogen-bond donors (Lipinski definition) is 19. The molecular formula is C46H74O37. The Balaban J connectivity index is 1.11. The maximum absolute atomic E-state index is 12.1. The maximum Gasteiger partial charge on any atom is 0.302 e. The highest BCUT2D eigenvalue weighted by atomic mass is 16.8. The average molecular weight is 1220 g/mol. The minimum Gasteiger partial charge on any atom is -0.463 e. The van der Waals surface area contributed by atoms with E-state index in [1.807, 2.05) is 0 Å². The van der Waals surface area contributed by atoms with Crippen LogP contribution < -0.4 is 0 Å². The summed E-state index contributed by atoms with van der Waals surface area (Å²) in [5.41, 5.74) is 0. The number of esters is 2. The third-order valence-electron chi connectivity index (χ3n) is 15.3. The molecule has 14 bridgehead atoms. The SMILES string of the molecule is CC(=O)OCC1OC2OC3C(COC(C)=O)OC(OC4C(CO)OC(OC5C(CO)OC(OC6C(CO)OC(OC7C(CO)OC(OC8C(CO)OC(OC1C(O)C2O)C(O)C8O)C(O)C7O)C(O)C6O)C(O)C5O)C(O)C4O)C(O)C3O. The summed E-state index contributed by atoms with van der Waals surface area (Å²) in [6.45, 7) is -5.07. The summed E-state index contributed by atoms with van der Waals surface area (Å²) in [5, 5.41) is 212. The molecule has 21 saturated heterocycles. The van der Waals surface area contributed by atoms with Gasteiger partial charge >= 0.3 is 11.9 Å². The molecule has 83 heavy (non-hydrogen) atoms. The zero-order chi connectivity index (χ0) is 60.6. The summed E-state index contributed by atoms with van der Waals surface area (Å²) in [4.78, 5) is 24.2. The first-order valence-corrected chi connectivity index (χ1v) is 26.4. The van der Waals surface area contributed by atoms with E-state index in [1.165, 1.54) is 0 Å². The molecule has 35 atom stereocenters. The van der Waals surface area contributed by atoms with Crippen LogP contribution in [-0.4, -0.2) is 370 Å². The molecule has 0 amide bonds. The summed E-state index contributed by atoms with van der Waals surface area (Å²) in [5.74, 6) is -1.86. The fourth-order valence-electron chi connectivity index (χ4n) is 10.8. The number of hydrogen-bond acceptors (Lipinski definition) is 37. The largest absolute Gasteiger partial charge is 0.463 e. The summed E-state index contributed by atoms with van der Waals surface area (Å²) in [6, 6.07) is 0. The van der Waals surface area contributed by atoms with Crippen LogP contribution >= 0.6 is 0 Å². The third-order valence-corrected chi connectivity index (χ3v) is 15.3. The zero-order valence-electron chi connectivity index (χ0n) is 44.0. The van der Waals surface area contributed by atoms with E-state index < -0.39 is 273 Å². The van der Waals surface area contributed by atoms with E-state index in [9.17, 15) is 107 Å². The minimum atomic E-state index is -2.28. The van der Waals surface area contributed by atoms with Gasteiger partial charge in [-0.15, -0.1) is 0 Å². The highest BCUT2D eigenvalue weighted by Gasteiger charge is 2.60. The molecule has 0 aliphatic carbocycles. The van der Waals surface area contributed by atoms with Crippen molar-refractivity contribution in [1.82, 2.24) is 0 Å². The molecule has 0 radical (unpaired) electrons. The Morgan fingerprint density at radius 2 is 0.398 bits per heavy atom. The van der Waals surface area contributed by atoms with E-state index in [-0.39, 0.29) is 0 Å². The molecule has 0 saturated carbocycles. The molecule has 21 heterocycles. The third kappa shape index (κ3) is 13.9. The van der Waals surface area contributed by atoms with Gasteiger partial charge in [0, 0.05) is 13.8 Å². The van der Waals surface area contributed by atoms with E-state index in [0.717, 1.165) is 13.8 Å². The van der Waals surface area contributed by atoms with Gasteiger partial charge in [0.25, 0.3) is 0 Å². The van der Waals surface area contributed by atoms with Gasteiger partial charge in [0.2, 0.25) is 0 Å². The van der Waals surface area contributed by atoms with Crippen LogP contribution in [0, 0.1) is 0 Å². The van der Waals surface area contributed by atoms with Gasteiger partial charge < -0.3 is 173 Å². The van der Waals surface area contributed by atoms with E-state index in [2.05, 4.69) is 0 Å². The van der Waals surface area contributed by atoms with Crippen molar-refractivity contribution in [3.8, 4) is 0 Å². The van der Waals surface area contributed by atoms with Gasteiger partial charge in [-0.05, 0) is 0 Å². The van der Waals surface area contributed by atoms with Gasteiger partial charge in [-0.2, -0.15) is 0 Å². The average Bonchev–Trinajstić information content (AvgIpc) is 3.65. The Hall–Kier alpha value is -2.38. The van der Waals surface area contributed by atoms with Crippen molar-refractivity contribution in [3.63, 3.8) is 0 Å². The molecule has 21 rings (SSSR count). The van der Waals surface area contributed by atoms with Gasteiger partial charge in [-0.1, -0.05) is 0 Å². The smallest absolute Gasteiger partial charge is 0.302 e. The van der Waals surface area contributed by atoms with E-state index in [4.69, 9.17) is 75.8 Å². The minimum absolute atomic E-state index is 0.836. The quantitative estimate of drug-likeness (QED) is 0.0953. The molecule has 0 aromatic rings. The molecule has 0 aromatic carbocycles. The van der Waals surface area contributed by atoms with Gasteiger partial charge in [0.1, 0.15) is 184 Å². The van der Waals surface area contributed by atoms with Crippen molar-refractivity contribution >= 4 is 11.9 Å². The van der Waals surface area contributed by atoms with Crippen LogP contribution in [0.4, 0.5) is 0 Å². The number of aliphatic hydroxyl groups excluding tert-OH is 19. The number of ether oxygens (including phenoxy) is 16. The first-order chi connectivity index (χ1) is 39.4. The van der Waals surface area contributed by atoms with Gasteiger partial charge in [-0.3, -0.25) is 9.59 Å². The lowest BCUT2D eigenvalue weighted by Gasteiger charge is -2.50. The molecule has 19 N–H and O–H groups in total. The van der Waals surface area contributed by atoms with Crippen LogP contribution in [0.15, 0.2) is 0 Å². The molecular weight excluding hydrogens is 1140 g/mol. The second-order valence-electron chi connectivity index (χ2n) is 20.9. The molecule has 37 nitrogen and oxygen atoms in total. The Labute approximate surface area is 468 Å². The van der Waals surface area contributed by atoms with Gasteiger partial charge in [-0.25, -0.2) is 0 Å². The lowest BCUT2D eigenvalue weighted by atomic mass is 9.95. The molecule has 37 heteroatoms. The standard InChI is InChI=1S/C46H74O37/c1-10(52)68-8-17-38-25(60)32(67)46(76-17)83-39-18(9-69-11(2)53)75-45(31(66)24(39)59)81-37-16(7-51)73-43(29(64)22(37)57)79-35-14(5-49)71-41(27(62)20(35)55)77-33-12(3-47)70-40(26(61)19(33)54)78-34-13(4-48)72-42(28(63)21(34)56)80-36-15(6-50)74-44(82-38)30(65)23(36)58/h12-51,54-67H,3-9H2,1-2H3. The molecule has 21 aliphatic heterocycles. The first-order valence-electron chi connectivity index (χ1n) is 26.4. The van der Waals surface area contributed by atoms with Crippen molar-refractivity contribution < 1.29 is 182 Å². The Bertz CT molecular complexity index is 2040. The molecule has 21 aliphatic rings. The predicted octanol–water partition coefficient (Wildman–Crippen LogP) is -14.1. The maximum atomic E-state index is 12.1. The van der Waals surface area contributed by atoms with Crippen LogP contribution in [0.25, 0.3) is 0 Å². The first kappa shape index (κ1) is 66.6. The van der Waals surface area contributed by atoms with Crippen LogP contribution in [0.1, 0.15) is 13.8 Å². The van der Waals surface area contributed by atoms with Crippen molar-refractivity contribution in [2.75, 3.05) is 46.2 Å². The fraction of sp³-hybridized carbons (Fsp3) is 0.957. The van der Waals surface area contributed by atoms with Crippen molar-refractivity contribution in [3.05, 3.63) is 0 Å². The zero-order valence-corrected chi connectivity index (χ0v) is 44.0. The van der Waals surface area contributed by atoms with Crippen molar-refractivity contribution in [2.24, 2.45) is 0 Å². The lowest BCUT2D eigenvalue weighted by molar-refractivity contribution is -0.396. The Kier molecular flexibility index (Phi) is 22.8. The van der Waals surface area contributed by atoms with Crippen LogP contribution in [0.3, 0.4) is 0 Å². The van der Waals surface area contributed by atoms with E-state index in [0.29, 0.717) is 0 Å². The van der Waals surface area contributed by atoms with Crippen LogP contribution in [0.5, 0.6) is 0 Å². The Morgan fingerprint density at radius 3 is 0.542 bits per heavy atom. The van der Waals surface area contributed by atoms with E-state index >= 15 is 0 Å². The summed E-state index contributed by atoms with van der Waals surface area (Å²) in [7, 11) is 0. The number of aliphatic hydroxyl groups is 19. The molecule has 0 spiro atoms. The number of carbonyl (C=O) groups is 2. The van der Waals surface area contributed by atoms with Gasteiger partial charge in [0.15, 0.2) is 44.0 Å². The van der Waals surface area contributed by atoms with Gasteiger partial charge in [0.05, 0.1) is 33.0 Å². The molecule has 480 valence electrons. The van der Waals surface area contributed by atoms with Crippen molar-refractivity contribution in [2.45, 2.75) is 229 Å². The molecule has 35 unspecified atom stereocenters. The molecule has 0 aromatic heterocycles.